The van der Waals surface area contributed by atoms with Crippen molar-refractivity contribution in [3.05, 3.63) is 61.1 Å². The van der Waals surface area contributed by atoms with E-state index in [9.17, 15) is 32.3 Å². The number of carbonyl (C=O) groups is 2. The second kappa shape index (κ2) is 7.50. The molecular formula is C16H12ClF3N2O6. The normalized spacial score (nSPS) is 11.4. The average Bonchev–Trinajstić information content (AvgIpc) is 2.56. The lowest BCUT2D eigenvalue weighted by molar-refractivity contribution is -0.140. The molecule has 28 heavy (non-hydrogen) atoms. The van der Waals surface area contributed by atoms with Gasteiger partial charge in [0.2, 0.25) is 0 Å². The fourth-order valence-corrected chi connectivity index (χ4v) is 2.57. The molecule has 150 valence electrons. The summed E-state index contributed by atoms with van der Waals surface area (Å²) in [4.78, 5) is 47.0. The Morgan fingerprint density at radius 2 is 1.86 bits per heavy atom. The van der Waals surface area contributed by atoms with Gasteiger partial charge in [-0.05, 0) is 12.1 Å². The first-order chi connectivity index (χ1) is 12.8. The van der Waals surface area contributed by atoms with Crippen LogP contribution in [-0.2, 0) is 22.5 Å². The maximum atomic E-state index is 14.3. The smallest absolute Gasteiger partial charge is 0.341 e. The minimum Gasteiger partial charge on any atom is -0.479 e. The van der Waals surface area contributed by atoms with Gasteiger partial charge >= 0.3 is 17.6 Å². The predicted molar refractivity (Wildman–Crippen MR) is 89.7 cm³/mol. The Hall–Kier alpha value is -3.08. The molecule has 1 aromatic carbocycles. The molecule has 0 saturated carbocycles. The molecule has 8 nitrogen and oxygen atoms in total. The van der Waals surface area contributed by atoms with Gasteiger partial charge in [0.1, 0.15) is 5.82 Å². The van der Waals surface area contributed by atoms with E-state index in [0.29, 0.717) is 29.7 Å². The summed E-state index contributed by atoms with van der Waals surface area (Å²) >= 11 is 5.74. The van der Waals surface area contributed by atoms with Crippen LogP contribution in [0.25, 0.3) is 5.69 Å². The third-order valence-electron chi connectivity index (χ3n) is 3.59. The number of alkyl halides is 2. The first kappa shape index (κ1) is 21.2. The van der Waals surface area contributed by atoms with E-state index < -0.39 is 63.5 Å². The molecule has 12 heteroatoms. The van der Waals surface area contributed by atoms with Crippen LogP contribution < -0.4 is 11.2 Å². The second-order valence-corrected chi connectivity index (χ2v) is 6.09. The van der Waals surface area contributed by atoms with Crippen molar-refractivity contribution in [1.82, 2.24) is 9.13 Å². The highest BCUT2D eigenvalue weighted by molar-refractivity contribution is 6.33. The van der Waals surface area contributed by atoms with E-state index in [1.54, 1.807) is 0 Å². The van der Waals surface area contributed by atoms with E-state index in [1.807, 2.05) is 0 Å². The van der Waals surface area contributed by atoms with Crippen molar-refractivity contribution in [2.24, 2.45) is 7.05 Å². The average molecular weight is 421 g/mol. The van der Waals surface area contributed by atoms with Gasteiger partial charge in [0.15, 0.2) is 6.61 Å². The molecule has 0 aliphatic rings. The third kappa shape index (κ3) is 4.09. The standard InChI is InChI=1S/C16H12ClF3N2O6/c1-16(19,20)11-5-12(23)22(15(27)21(11)2)10-3-7(8(17)4-9(10)18)14(26)28-6-13(24)25/h3-5H,6H2,1-2H3,(H,24,25). The zero-order valence-corrected chi connectivity index (χ0v) is 15.1. The summed E-state index contributed by atoms with van der Waals surface area (Å²) < 4.78 is 46.6. The summed E-state index contributed by atoms with van der Waals surface area (Å²) in [6.45, 7) is -0.533. The number of aliphatic carboxylic acids is 1. The van der Waals surface area contributed by atoms with Crippen molar-refractivity contribution >= 4 is 23.5 Å². The molecule has 0 spiro atoms. The number of benzene rings is 1. The van der Waals surface area contributed by atoms with Crippen molar-refractivity contribution in [1.29, 1.82) is 0 Å². The first-order valence-corrected chi connectivity index (χ1v) is 7.82. The second-order valence-electron chi connectivity index (χ2n) is 5.69. The summed E-state index contributed by atoms with van der Waals surface area (Å²) in [5.41, 5.74) is -4.74. The number of halogens is 4. The first-order valence-electron chi connectivity index (χ1n) is 7.44. The quantitative estimate of drug-likeness (QED) is 0.737. The van der Waals surface area contributed by atoms with Crippen LogP contribution >= 0.6 is 11.6 Å². The topological polar surface area (TPSA) is 108 Å². The largest absolute Gasteiger partial charge is 0.479 e. The highest BCUT2D eigenvalue weighted by atomic mass is 35.5. The Morgan fingerprint density at radius 1 is 1.25 bits per heavy atom. The van der Waals surface area contributed by atoms with Crippen LogP contribution in [0.5, 0.6) is 0 Å². The number of carboxylic acids is 1. The Kier molecular flexibility index (Phi) is 5.69. The number of carbonyl (C=O) groups excluding carboxylic acids is 1. The molecule has 0 fully saturated rings. The van der Waals surface area contributed by atoms with E-state index >= 15 is 0 Å². The summed E-state index contributed by atoms with van der Waals surface area (Å²) in [7, 11) is 0.959. The fourth-order valence-electron chi connectivity index (χ4n) is 2.34. The van der Waals surface area contributed by atoms with Crippen LogP contribution in [0.2, 0.25) is 5.02 Å². The minimum atomic E-state index is -3.52. The molecule has 0 aliphatic heterocycles. The number of esters is 1. The molecule has 0 atom stereocenters. The molecule has 0 aliphatic carbocycles. The monoisotopic (exact) mass is 420 g/mol. The van der Waals surface area contributed by atoms with Gasteiger partial charge in [0.25, 0.3) is 11.5 Å². The van der Waals surface area contributed by atoms with Gasteiger partial charge in [0, 0.05) is 20.0 Å². The van der Waals surface area contributed by atoms with E-state index in [2.05, 4.69) is 4.74 Å². The molecular weight excluding hydrogens is 409 g/mol. The van der Waals surface area contributed by atoms with Gasteiger partial charge in [-0.2, -0.15) is 0 Å². The van der Waals surface area contributed by atoms with Crippen molar-refractivity contribution in [3.8, 4) is 5.69 Å². The number of hydrogen-bond donors (Lipinski definition) is 1. The Labute approximate surface area is 159 Å². The SMILES string of the molecule is Cn1c(C(C)(F)F)cc(=O)n(-c2cc(C(=O)OCC(=O)O)c(Cl)cc2F)c1=O. The highest BCUT2D eigenvalue weighted by Crippen LogP contribution is 2.26. The molecule has 2 rings (SSSR count). The number of aromatic nitrogens is 2. The van der Waals surface area contributed by atoms with Crippen molar-refractivity contribution in [2.75, 3.05) is 6.61 Å². The lowest BCUT2D eigenvalue weighted by Gasteiger charge is -2.17. The highest BCUT2D eigenvalue weighted by Gasteiger charge is 2.30. The lowest BCUT2D eigenvalue weighted by atomic mass is 10.2. The van der Waals surface area contributed by atoms with Crippen molar-refractivity contribution in [3.63, 3.8) is 0 Å². The molecule has 0 saturated heterocycles. The van der Waals surface area contributed by atoms with Gasteiger partial charge in [0.05, 0.1) is 22.0 Å². The molecule has 0 radical (unpaired) electrons. The fraction of sp³-hybridized carbons (Fsp3) is 0.250. The third-order valence-corrected chi connectivity index (χ3v) is 3.91. The van der Waals surface area contributed by atoms with E-state index in [0.717, 1.165) is 7.05 Å². The zero-order chi connectivity index (χ0) is 21.4. The maximum absolute atomic E-state index is 14.3. The maximum Gasteiger partial charge on any atom is 0.341 e. The van der Waals surface area contributed by atoms with Gasteiger partial charge in [-0.1, -0.05) is 11.6 Å². The molecule has 1 aromatic heterocycles. The Bertz CT molecular complexity index is 1090. The minimum absolute atomic E-state index is 0.231. The molecule has 0 unspecified atom stereocenters. The van der Waals surface area contributed by atoms with E-state index in [-0.39, 0.29) is 4.57 Å². The molecule has 0 bridgehead atoms. The van der Waals surface area contributed by atoms with Crippen LogP contribution in [0.3, 0.4) is 0 Å². The Balaban J connectivity index is 2.70. The van der Waals surface area contributed by atoms with Crippen molar-refractivity contribution in [2.45, 2.75) is 12.8 Å². The number of rotatable bonds is 5. The zero-order valence-electron chi connectivity index (χ0n) is 14.3. The van der Waals surface area contributed by atoms with Gasteiger partial charge in [-0.15, -0.1) is 0 Å². The van der Waals surface area contributed by atoms with E-state index in [1.165, 1.54) is 0 Å². The van der Waals surface area contributed by atoms with Crippen LogP contribution in [-0.4, -0.2) is 32.8 Å². The molecule has 0 amide bonds. The predicted octanol–water partition coefficient (Wildman–Crippen LogP) is 1.68. The van der Waals surface area contributed by atoms with Crippen LogP contribution in [0, 0.1) is 5.82 Å². The van der Waals surface area contributed by atoms with Crippen LogP contribution in [0.1, 0.15) is 23.0 Å². The number of carboxylic acid groups (broad SMARTS) is 1. The van der Waals surface area contributed by atoms with Gasteiger partial charge < -0.3 is 9.84 Å². The van der Waals surface area contributed by atoms with E-state index in [4.69, 9.17) is 16.7 Å². The van der Waals surface area contributed by atoms with Crippen molar-refractivity contribution < 1.29 is 32.6 Å². The summed E-state index contributed by atoms with van der Waals surface area (Å²) in [6, 6.07) is 1.74. The lowest BCUT2D eigenvalue weighted by Crippen LogP contribution is -2.41. The number of ether oxygens (including phenoxy) is 1. The Morgan fingerprint density at radius 3 is 2.39 bits per heavy atom. The molecule has 1 heterocycles. The molecule has 1 N–H and O–H groups in total. The summed E-state index contributed by atoms with van der Waals surface area (Å²) in [5.74, 6) is -7.44. The van der Waals surface area contributed by atoms with Crippen LogP contribution in [0.4, 0.5) is 13.2 Å². The van der Waals surface area contributed by atoms with Gasteiger partial charge in [-0.3, -0.25) is 9.36 Å². The van der Waals surface area contributed by atoms with Gasteiger partial charge in [-0.25, -0.2) is 32.1 Å². The number of hydrogen-bond acceptors (Lipinski definition) is 5. The number of nitrogens with zero attached hydrogens (tertiary/aromatic N) is 2. The summed E-state index contributed by atoms with van der Waals surface area (Å²) in [5, 5.41) is 8.06. The summed E-state index contributed by atoms with van der Waals surface area (Å²) in [6.07, 6.45) is 0. The van der Waals surface area contributed by atoms with Crippen LogP contribution in [0.15, 0.2) is 27.8 Å². The molecule has 2 aromatic rings.